The Morgan fingerprint density at radius 3 is 2.84 bits per heavy atom. The molecule has 0 bridgehead atoms. The second kappa shape index (κ2) is 5.48. The first-order valence-electron chi connectivity index (χ1n) is 6.38. The molecule has 1 heterocycles. The average molecular weight is 273 g/mol. The van der Waals surface area contributed by atoms with E-state index in [1.54, 1.807) is 4.90 Å². The lowest BCUT2D eigenvalue weighted by Gasteiger charge is -2.15. The average Bonchev–Trinajstić information content (AvgIpc) is 3.07. The Hall–Kier alpha value is -1.75. The molecule has 0 radical (unpaired) electrons. The minimum atomic E-state index is 0.0807. The lowest BCUT2D eigenvalue weighted by Crippen LogP contribution is -2.30. The van der Waals surface area contributed by atoms with Crippen LogP contribution in [-0.2, 0) is 4.79 Å². The van der Waals surface area contributed by atoms with Gasteiger partial charge in [-0.05, 0) is 31.4 Å². The normalized spacial score (nSPS) is 21.1. The molecule has 1 N–H and O–H groups in total. The molecule has 1 amide bonds. The third-order valence-corrected chi connectivity index (χ3v) is 4.04. The van der Waals surface area contributed by atoms with Crippen LogP contribution in [0.4, 0.5) is 5.69 Å². The van der Waals surface area contributed by atoms with Gasteiger partial charge in [0.15, 0.2) is 5.17 Å². The summed E-state index contributed by atoms with van der Waals surface area (Å²) in [6.45, 7) is 0. The number of para-hydroxylation sites is 1. The number of hydrazone groups is 1. The van der Waals surface area contributed by atoms with Crippen molar-refractivity contribution in [3.63, 3.8) is 0 Å². The summed E-state index contributed by atoms with van der Waals surface area (Å²) >= 11 is 1.47. The standard InChI is InChI=1S/C14H15N3OS/c18-13-10-19-14(16-15-11-6-4-5-7-11)17(13)12-8-2-1-3-9-12/h1-3,6,8-9,15H,4-5,7,10H2. The van der Waals surface area contributed by atoms with Gasteiger partial charge in [-0.15, -0.1) is 5.10 Å². The second-order valence-corrected chi connectivity index (χ2v) is 5.42. The number of hydrogen-bond acceptors (Lipinski definition) is 4. The number of amidine groups is 1. The Bertz CT molecular complexity index is 539. The largest absolute Gasteiger partial charge is 0.280 e. The molecule has 0 atom stereocenters. The van der Waals surface area contributed by atoms with Gasteiger partial charge in [-0.2, -0.15) is 0 Å². The highest BCUT2D eigenvalue weighted by Crippen LogP contribution is 2.26. The predicted octanol–water partition coefficient (Wildman–Crippen LogP) is 2.69. The summed E-state index contributed by atoms with van der Waals surface area (Å²) in [6, 6.07) is 9.64. The molecule has 0 spiro atoms. The van der Waals surface area contributed by atoms with Gasteiger partial charge in [0.2, 0.25) is 5.91 Å². The van der Waals surface area contributed by atoms with E-state index in [0.717, 1.165) is 29.4 Å². The van der Waals surface area contributed by atoms with Crippen LogP contribution in [-0.4, -0.2) is 16.8 Å². The molecule has 19 heavy (non-hydrogen) atoms. The summed E-state index contributed by atoms with van der Waals surface area (Å²) in [5.41, 5.74) is 5.10. The van der Waals surface area contributed by atoms with Gasteiger partial charge in [0, 0.05) is 5.70 Å². The van der Waals surface area contributed by atoms with E-state index in [2.05, 4.69) is 16.6 Å². The molecule has 1 fully saturated rings. The molecule has 98 valence electrons. The topological polar surface area (TPSA) is 44.7 Å². The number of benzene rings is 1. The minimum absolute atomic E-state index is 0.0807. The number of allylic oxidation sites excluding steroid dienone is 2. The van der Waals surface area contributed by atoms with Crippen molar-refractivity contribution >= 4 is 28.5 Å². The van der Waals surface area contributed by atoms with E-state index >= 15 is 0 Å². The zero-order chi connectivity index (χ0) is 13.1. The van der Waals surface area contributed by atoms with Crippen molar-refractivity contribution in [3.05, 3.63) is 42.1 Å². The molecule has 0 aromatic heterocycles. The van der Waals surface area contributed by atoms with Crippen LogP contribution < -0.4 is 10.3 Å². The van der Waals surface area contributed by atoms with Gasteiger partial charge in [0.25, 0.3) is 0 Å². The molecule has 1 aliphatic carbocycles. The molecular weight excluding hydrogens is 258 g/mol. The number of carbonyl (C=O) groups is 1. The molecule has 1 saturated heterocycles. The maximum absolute atomic E-state index is 12.0. The van der Waals surface area contributed by atoms with Gasteiger partial charge < -0.3 is 0 Å². The highest BCUT2D eigenvalue weighted by Gasteiger charge is 2.29. The molecule has 1 aliphatic heterocycles. The van der Waals surface area contributed by atoms with Crippen LogP contribution in [0.15, 0.2) is 47.2 Å². The number of hydrogen-bond donors (Lipinski definition) is 1. The van der Waals surface area contributed by atoms with Gasteiger partial charge in [0.05, 0.1) is 11.4 Å². The second-order valence-electron chi connectivity index (χ2n) is 4.48. The lowest BCUT2D eigenvalue weighted by atomic mass is 10.3. The number of nitrogens with zero attached hydrogens (tertiary/aromatic N) is 2. The van der Waals surface area contributed by atoms with Gasteiger partial charge >= 0.3 is 0 Å². The van der Waals surface area contributed by atoms with Gasteiger partial charge in [-0.1, -0.05) is 36.0 Å². The van der Waals surface area contributed by atoms with Crippen molar-refractivity contribution in [1.29, 1.82) is 0 Å². The summed E-state index contributed by atoms with van der Waals surface area (Å²) in [5, 5.41) is 5.11. The van der Waals surface area contributed by atoms with Crippen LogP contribution in [0.25, 0.3) is 0 Å². The van der Waals surface area contributed by atoms with Crippen molar-refractivity contribution in [2.75, 3.05) is 10.7 Å². The van der Waals surface area contributed by atoms with Crippen LogP contribution in [0.3, 0.4) is 0 Å². The summed E-state index contributed by atoms with van der Waals surface area (Å²) in [4.78, 5) is 13.6. The zero-order valence-corrected chi connectivity index (χ0v) is 11.3. The van der Waals surface area contributed by atoms with Crippen molar-refractivity contribution in [2.45, 2.75) is 19.3 Å². The van der Waals surface area contributed by atoms with Crippen LogP contribution in [0, 0.1) is 0 Å². The molecule has 3 rings (SSSR count). The van der Waals surface area contributed by atoms with E-state index in [9.17, 15) is 4.79 Å². The lowest BCUT2D eigenvalue weighted by molar-refractivity contribution is -0.115. The number of anilines is 1. The molecule has 4 nitrogen and oxygen atoms in total. The third kappa shape index (κ3) is 2.66. The quantitative estimate of drug-likeness (QED) is 0.861. The van der Waals surface area contributed by atoms with Gasteiger partial charge in [-0.3, -0.25) is 15.1 Å². The van der Waals surface area contributed by atoms with E-state index < -0.39 is 0 Å². The van der Waals surface area contributed by atoms with Gasteiger partial charge in [-0.25, -0.2) is 0 Å². The first-order chi connectivity index (χ1) is 9.34. The molecule has 5 heteroatoms. The fourth-order valence-electron chi connectivity index (χ4n) is 2.17. The summed E-state index contributed by atoms with van der Waals surface area (Å²) in [7, 11) is 0. The highest BCUT2D eigenvalue weighted by molar-refractivity contribution is 8.15. The third-order valence-electron chi connectivity index (χ3n) is 3.12. The van der Waals surface area contributed by atoms with E-state index in [1.165, 1.54) is 18.2 Å². The number of thioether (sulfide) groups is 1. The van der Waals surface area contributed by atoms with Crippen molar-refractivity contribution in [2.24, 2.45) is 5.10 Å². The Kier molecular flexibility index (Phi) is 3.55. The maximum atomic E-state index is 12.0. The molecule has 0 unspecified atom stereocenters. The smallest absolute Gasteiger partial charge is 0.243 e. The van der Waals surface area contributed by atoms with Crippen molar-refractivity contribution in [3.8, 4) is 0 Å². The molecule has 1 aromatic carbocycles. The first-order valence-corrected chi connectivity index (χ1v) is 7.37. The number of carbonyl (C=O) groups excluding carboxylic acids is 1. The summed E-state index contributed by atoms with van der Waals surface area (Å²) in [6.07, 6.45) is 5.50. The predicted molar refractivity (Wildman–Crippen MR) is 78.9 cm³/mol. The SMILES string of the molecule is O=C1CSC(=NNC2=CCCC2)N1c1ccccc1. The number of nitrogens with one attached hydrogen (secondary N) is 1. The van der Waals surface area contributed by atoms with Crippen LogP contribution >= 0.6 is 11.8 Å². The minimum Gasteiger partial charge on any atom is -0.280 e. The fraction of sp³-hybridized carbons (Fsp3) is 0.286. The Balaban J connectivity index is 1.80. The summed E-state index contributed by atoms with van der Waals surface area (Å²) in [5.74, 6) is 0.534. The Labute approximate surface area is 116 Å². The van der Waals surface area contributed by atoms with Crippen molar-refractivity contribution in [1.82, 2.24) is 5.43 Å². The monoisotopic (exact) mass is 273 g/mol. The maximum Gasteiger partial charge on any atom is 0.243 e. The zero-order valence-electron chi connectivity index (χ0n) is 10.5. The van der Waals surface area contributed by atoms with Crippen LogP contribution in [0.5, 0.6) is 0 Å². The molecular formula is C14H15N3OS. The number of rotatable bonds is 3. The van der Waals surface area contributed by atoms with E-state index in [4.69, 9.17) is 0 Å². The highest BCUT2D eigenvalue weighted by atomic mass is 32.2. The van der Waals surface area contributed by atoms with E-state index in [1.807, 2.05) is 30.3 Å². The Morgan fingerprint density at radius 2 is 2.11 bits per heavy atom. The molecule has 0 saturated carbocycles. The van der Waals surface area contributed by atoms with E-state index in [0.29, 0.717) is 5.75 Å². The fourth-order valence-corrected chi connectivity index (χ4v) is 3.00. The summed E-state index contributed by atoms with van der Waals surface area (Å²) < 4.78 is 0. The van der Waals surface area contributed by atoms with Crippen LogP contribution in [0.1, 0.15) is 19.3 Å². The van der Waals surface area contributed by atoms with Gasteiger partial charge in [0.1, 0.15) is 0 Å². The van der Waals surface area contributed by atoms with Crippen molar-refractivity contribution < 1.29 is 4.79 Å². The number of amides is 1. The first kappa shape index (κ1) is 12.3. The molecule has 2 aliphatic rings. The van der Waals surface area contributed by atoms with E-state index in [-0.39, 0.29) is 5.91 Å². The van der Waals surface area contributed by atoms with Crippen LogP contribution in [0.2, 0.25) is 0 Å². The Morgan fingerprint density at radius 1 is 1.26 bits per heavy atom. The molecule has 1 aromatic rings.